The highest BCUT2D eigenvalue weighted by Crippen LogP contribution is 2.44. The topological polar surface area (TPSA) is 69.7 Å². The van der Waals surface area contributed by atoms with E-state index in [0.717, 1.165) is 23.9 Å². The Labute approximate surface area is 146 Å². The van der Waals surface area contributed by atoms with Gasteiger partial charge in [0.05, 0.1) is 30.9 Å². The fraction of sp³-hybridized carbons (Fsp3) is 0.474. The first kappa shape index (κ1) is 16.3. The molecule has 4 atom stereocenters. The van der Waals surface area contributed by atoms with E-state index in [2.05, 4.69) is 10.3 Å². The molecule has 1 aliphatic carbocycles. The summed E-state index contributed by atoms with van der Waals surface area (Å²) < 4.78 is 16.4. The van der Waals surface area contributed by atoms with Crippen LogP contribution in [0.1, 0.15) is 16.8 Å². The van der Waals surface area contributed by atoms with Crippen LogP contribution in [0.4, 0.5) is 0 Å². The number of rotatable bonds is 5. The second-order valence-corrected chi connectivity index (χ2v) is 6.64. The van der Waals surface area contributed by atoms with Crippen molar-refractivity contribution in [3.63, 3.8) is 0 Å². The molecule has 0 bridgehead atoms. The normalized spacial score (nSPS) is 27.6. The monoisotopic (exact) mass is 342 g/mol. The maximum atomic E-state index is 13.0. The van der Waals surface area contributed by atoms with E-state index in [-0.39, 0.29) is 24.0 Å². The van der Waals surface area contributed by atoms with Crippen molar-refractivity contribution in [3.05, 3.63) is 35.9 Å². The van der Waals surface area contributed by atoms with Crippen molar-refractivity contribution in [3.8, 4) is 5.88 Å². The molecule has 2 heterocycles. The molecule has 2 aromatic rings. The average molecular weight is 342 g/mol. The molecule has 4 rings (SSSR count). The summed E-state index contributed by atoms with van der Waals surface area (Å²) in [6.07, 6.45) is 1.19. The molecular formula is C19H22N2O4. The van der Waals surface area contributed by atoms with Gasteiger partial charge in [-0.2, -0.15) is 0 Å². The van der Waals surface area contributed by atoms with Crippen molar-refractivity contribution in [1.29, 1.82) is 0 Å². The van der Waals surface area contributed by atoms with Gasteiger partial charge in [-0.05, 0) is 12.5 Å². The Hall–Kier alpha value is -2.18. The number of nitrogens with one attached hydrogen (secondary N) is 1. The summed E-state index contributed by atoms with van der Waals surface area (Å²) in [6, 6.07) is 9.38. The van der Waals surface area contributed by atoms with Crippen LogP contribution in [0.15, 0.2) is 30.3 Å². The first-order valence-electron chi connectivity index (χ1n) is 8.58. The highest BCUT2D eigenvalue weighted by Gasteiger charge is 2.54. The first-order valence-corrected chi connectivity index (χ1v) is 8.58. The minimum Gasteiger partial charge on any atom is -0.481 e. The number of para-hydroxylation sites is 1. The van der Waals surface area contributed by atoms with Gasteiger partial charge in [0.15, 0.2) is 0 Å². The van der Waals surface area contributed by atoms with Crippen LogP contribution in [0, 0.1) is 11.8 Å². The Morgan fingerprint density at radius 2 is 2.20 bits per heavy atom. The largest absolute Gasteiger partial charge is 0.481 e. The molecule has 25 heavy (non-hydrogen) atoms. The predicted molar refractivity (Wildman–Crippen MR) is 92.8 cm³/mol. The lowest BCUT2D eigenvalue weighted by Gasteiger charge is -2.47. The number of ether oxygens (including phenoxy) is 3. The molecule has 0 spiro atoms. The van der Waals surface area contributed by atoms with Gasteiger partial charge in [0, 0.05) is 43.0 Å². The summed E-state index contributed by atoms with van der Waals surface area (Å²) in [5.74, 6) is 0.914. The van der Waals surface area contributed by atoms with Crippen LogP contribution < -0.4 is 10.1 Å². The number of carbonyl (C=O) groups is 1. The zero-order valence-electron chi connectivity index (χ0n) is 14.4. The summed E-state index contributed by atoms with van der Waals surface area (Å²) >= 11 is 0. The van der Waals surface area contributed by atoms with E-state index < -0.39 is 0 Å². The third kappa shape index (κ3) is 2.75. The molecule has 6 heteroatoms. The molecule has 1 aromatic carbocycles. The van der Waals surface area contributed by atoms with Crippen molar-refractivity contribution in [1.82, 2.24) is 10.3 Å². The lowest BCUT2D eigenvalue weighted by Crippen LogP contribution is -2.62. The van der Waals surface area contributed by atoms with Gasteiger partial charge in [-0.1, -0.05) is 18.2 Å². The number of benzene rings is 1. The van der Waals surface area contributed by atoms with Crippen LogP contribution in [-0.4, -0.2) is 50.5 Å². The van der Waals surface area contributed by atoms with Gasteiger partial charge < -0.3 is 19.5 Å². The van der Waals surface area contributed by atoms with E-state index in [9.17, 15) is 4.79 Å². The molecule has 1 amide bonds. The van der Waals surface area contributed by atoms with Gasteiger partial charge in [0.2, 0.25) is 5.88 Å². The Kier molecular flexibility index (Phi) is 4.31. The molecule has 2 aliphatic rings. The highest BCUT2D eigenvalue weighted by molar-refractivity contribution is 6.06. The van der Waals surface area contributed by atoms with Crippen molar-refractivity contribution in [2.24, 2.45) is 11.8 Å². The second kappa shape index (κ2) is 6.61. The smallest absolute Gasteiger partial charge is 0.252 e. The summed E-state index contributed by atoms with van der Waals surface area (Å²) in [4.78, 5) is 17.4. The van der Waals surface area contributed by atoms with Crippen molar-refractivity contribution >= 4 is 16.8 Å². The Balaban J connectivity index is 1.62. The molecule has 1 N–H and O–H groups in total. The fourth-order valence-electron chi connectivity index (χ4n) is 4.11. The van der Waals surface area contributed by atoms with E-state index in [4.69, 9.17) is 14.2 Å². The number of aromatic nitrogens is 1. The minimum atomic E-state index is -0.103. The first-order chi connectivity index (χ1) is 12.2. The van der Waals surface area contributed by atoms with E-state index in [1.165, 1.54) is 0 Å². The van der Waals surface area contributed by atoms with Crippen LogP contribution in [0.2, 0.25) is 0 Å². The Bertz CT molecular complexity index is 794. The number of carbonyl (C=O) groups excluding carboxylic acids is 1. The van der Waals surface area contributed by atoms with E-state index >= 15 is 0 Å². The molecule has 6 nitrogen and oxygen atoms in total. The van der Waals surface area contributed by atoms with E-state index in [1.807, 2.05) is 24.3 Å². The third-order valence-corrected chi connectivity index (χ3v) is 5.33. The fourth-order valence-corrected chi connectivity index (χ4v) is 4.11. The standard InChI is InChI=1S/C19H22N2O4/c1-23-10-14-17(12-7-8-25-18(12)14)21-19(22)13-9-16(24-2)20-15-6-4-3-5-11(13)15/h3-6,9,12,14,17-18H,7-8,10H2,1-2H3,(H,21,22)/t12-,14+,17+,18-/m0/s1. The molecule has 0 radical (unpaired) electrons. The minimum absolute atomic E-state index is 0.0814. The number of fused-ring (bicyclic) bond motifs is 2. The van der Waals surface area contributed by atoms with E-state index in [1.54, 1.807) is 20.3 Å². The van der Waals surface area contributed by atoms with E-state index in [0.29, 0.717) is 24.0 Å². The summed E-state index contributed by atoms with van der Waals surface area (Å²) in [6.45, 7) is 1.35. The quantitative estimate of drug-likeness (QED) is 0.900. The number of pyridine rings is 1. The third-order valence-electron chi connectivity index (χ3n) is 5.33. The predicted octanol–water partition coefficient (Wildman–Crippen LogP) is 2.02. The summed E-state index contributed by atoms with van der Waals surface area (Å²) in [5.41, 5.74) is 1.33. The highest BCUT2D eigenvalue weighted by atomic mass is 16.5. The van der Waals surface area contributed by atoms with Gasteiger partial charge in [-0.25, -0.2) is 4.98 Å². The van der Waals surface area contributed by atoms with Crippen LogP contribution in [0.3, 0.4) is 0 Å². The van der Waals surface area contributed by atoms with Crippen LogP contribution in [0.25, 0.3) is 10.9 Å². The maximum Gasteiger partial charge on any atom is 0.252 e. The number of hydrogen-bond donors (Lipinski definition) is 1. The van der Waals surface area contributed by atoms with Crippen LogP contribution in [0.5, 0.6) is 5.88 Å². The second-order valence-electron chi connectivity index (χ2n) is 6.64. The molecule has 2 fully saturated rings. The lowest BCUT2D eigenvalue weighted by atomic mass is 9.67. The maximum absolute atomic E-state index is 13.0. The van der Waals surface area contributed by atoms with Crippen molar-refractivity contribution < 1.29 is 19.0 Å². The molecule has 0 unspecified atom stereocenters. The van der Waals surface area contributed by atoms with Gasteiger partial charge in [-0.15, -0.1) is 0 Å². The zero-order valence-corrected chi connectivity index (χ0v) is 14.4. The Morgan fingerprint density at radius 1 is 1.36 bits per heavy atom. The van der Waals surface area contributed by atoms with Gasteiger partial charge in [0.25, 0.3) is 5.91 Å². The molecule has 1 saturated carbocycles. The van der Waals surface area contributed by atoms with Crippen LogP contribution in [-0.2, 0) is 9.47 Å². The molecule has 1 saturated heterocycles. The van der Waals surface area contributed by atoms with Gasteiger partial charge >= 0.3 is 0 Å². The van der Waals surface area contributed by atoms with Gasteiger partial charge in [-0.3, -0.25) is 4.79 Å². The molecular weight excluding hydrogens is 320 g/mol. The van der Waals surface area contributed by atoms with Crippen LogP contribution >= 0.6 is 0 Å². The summed E-state index contributed by atoms with van der Waals surface area (Å²) in [5, 5.41) is 4.02. The Morgan fingerprint density at radius 3 is 3.00 bits per heavy atom. The number of methoxy groups -OCH3 is 2. The lowest BCUT2D eigenvalue weighted by molar-refractivity contribution is -0.0809. The SMILES string of the molecule is COC[C@@H]1[C@H](NC(=O)c2cc(OC)nc3ccccc23)[C@@H]2CCO[C@H]12. The molecule has 132 valence electrons. The van der Waals surface area contributed by atoms with Crippen molar-refractivity contribution in [2.75, 3.05) is 27.4 Å². The number of nitrogens with zero attached hydrogens (tertiary/aromatic N) is 1. The molecule has 1 aliphatic heterocycles. The zero-order chi connectivity index (χ0) is 17.4. The van der Waals surface area contributed by atoms with Gasteiger partial charge in [0.1, 0.15) is 0 Å². The number of hydrogen-bond acceptors (Lipinski definition) is 5. The number of amides is 1. The average Bonchev–Trinajstić information content (AvgIpc) is 3.07. The van der Waals surface area contributed by atoms with Crippen molar-refractivity contribution in [2.45, 2.75) is 18.6 Å². The summed E-state index contributed by atoms with van der Waals surface area (Å²) in [7, 11) is 3.24. The molecule has 1 aromatic heterocycles.